The highest BCUT2D eigenvalue weighted by Gasteiger charge is 2.21. The van der Waals surface area contributed by atoms with E-state index in [0.717, 1.165) is 35.8 Å². The number of phenols is 1. The first kappa shape index (κ1) is 13.3. The molecule has 0 spiro atoms. The predicted molar refractivity (Wildman–Crippen MR) is 86.3 cm³/mol. The van der Waals surface area contributed by atoms with Gasteiger partial charge in [-0.15, -0.1) is 11.3 Å². The van der Waals surface area contributed by atoms with Crippen molar-refractivity contribution in [3.8, 4) is 11.4 Å². The molecule has 0 fully saturated rings. The van der Waals surface area contributed by atoms with Crippen LogP contribution in [0.3, 0.4) is 0 Å². The summed E-state index contributed by atoms with van der Waals surface area (Å²) >= 11 is 1.50. The van der Waals surface area contributed by atoms with E-state index in [4.69, 9.17) is 0 Å². The highest BCUT2D eigenvalue weighted by atomic mass is 32.1. The molecule has 0 atom stereocenters. The lowest BCUT2D eigenvalue weighted by atomic mass is 9.97. The third-order valence-electron chi connectivity index (χ3n) is 4.13. The topological polar surface area (TPSA) is 75.1 Å². The van der Waals surface area contributed by atoms with Gasteiger partial charge < -0.3 is 5.11 Å². The van der Waals surface area contributed by atoms with Crippen LogP contribution in [0.4, 0.5) is 0 Å². The van der Waals surface area contributed by atoms with Crippen LogP contribution in [0.2, 0.25) is 0 Å². The van der Waals surface area contributed by atoms with Gasteiger partial charge in [-0.1, -0.05) is 12.1 Å². The maximum Gasteiger partial charge on any atom is 0.334 e. The van der Waals surface area contributed by atoms with E-state index in [1.54, 1.807) is 18.2 Å². The number of fused-ring (bicyclic) bond motifs is 3. The fourth-order valence-electron chi connectivity index (χ4n) is 3.11. The zero-order chi connectivity index (χ0) is 15.3. The Bertz CT molecular complexity index is 997. The molecule has 1 aliphatic rings. The highest BCUT2D eigenvalue weighted by molar-refractivity contribution is 7.18. The zero-order valence-electron chi connectivity index (χ0n) is 11.8. The third-order valence-corrected chi connectivity index (χ3v) is 5.34. The number of hydrogen-bond donors (Lipinski definition) is 2. The number of phenolic OH excluding ortho intramolecular Hbond substituents is 1. The van der Waals surface area contributed by atoms with E-state index in [0.29, 0.717) is 10.2 Å². The number of rotatable bonds is 1. The lowest BCUT2D eigenvalue weighted by Crippen LogP contribution is -2.33. The number of nitrogens with zero attached hydrogens (tertiary/aromatic N) is 1. The van der Waals surface area contributed by atoms with Crippen molar-refractivity contribution in [3.63, 3.8) is 0 Å². The number of H-pyrrole nitrogens is 1. The first-order valence-electron chi connectivity index (χ1n) is 7.25. The monoisotopic (exact) mass is 314 g/mol. The molecule has 22 heavy (non-hydrogen) atoms. The summed E-state index contributed by atoms with van der Waals surface area (Å²) in [7, 11) is 0. The number of para-hydroxylation sites is 2. The van der Waals surface area contributed by atoms with Crippen molar-refractivity contribution < 1.29 is 5.11 Å². The van der Waals surface area contributed by atoms with E-state index in [-0.39, 0.29) is 17.0 Å². The van der Waals surface area contributed by atoms with Crippen LogP contribution in [0.15, 0.2) is 33.9 Å². The van der Waals surface area contributed by atoms with Crippen molar-refractivity contribution in [2.45, 2.75) is 25.7 Å². The molecule has 0 aliphatic heterocycles. The van der Waals surface area contributed by atoms with E-state index < -0.39 is 5.69 Å². The summed E-state index contributed by atoms with van der Waals surface area (Å²) in [6, 6.07) is 6.38. The predicted octanol–water partition coefficient (Wildman–Crippen LogP) is 2.32. The molecule has 2 aromatic heterocycles. The van der Waals surface area contributed by atoms with Gasteiger partial charge in [-0.3, -0.25) is 9.78 Å². The normalized spacial score (nSPS) is 14.2. The van der Waals surface area contributed by atoms with Crippen molar-refractivity contribution in [2.75, 3.05) is 0 Å². The van der Waals surface area contributed by atoms with Crippen LogP contribution in [0.5, 0.6) is 5.75 Å². The smallest absolute Gasteiger partial charge is 0.334 e. The van der Waals surface area contributed by atoms with E-state index in [1.807, 2.05) is 0 Å². The summed E-state index contributed by atoms with van der Waals surface area (Å²) < 4.78 is 1.03. The molecular formula is C16H14N2O3S. The van der Waals surface area contributed by atoms with Gasteiger partial charge in [-0.2, -0.15) is 0 Å². The van der Waals surface area contributed by atoms with E-state index >= 15 is 0 Å². The van der Waals surface area contributed by atoms with Gasteiger partial charge in [0.15, 0.2) is 0 Å². The van der Waals surface area contributed by atoms with Crippen LogP contribution >= 0.6 is 11.3 Å². The van der Waals surface area contributed by atoms with Gasteiger partial charge in [-0.05, 0) is 43.4 Å². The second-order valence-electron chi connectivity index (χ2n) is 5.47. The largest absolute Gasteiger partial charge is 0.506 e. The molecule has 3 aromatic rings. The molecule has 0 saturated heterocycles. The van der Waals surface area contributed by atoms with Crippen LogP contribution in [-0.4, -0.2) is 14.7 Å². The number of aryl methyl sites for hydroxylation is 2. The Balaban J connectivity index is 2.11. The van der Waals surface area contributed by atoms with Crippen molar-refractivity contribution in [1.82, 2.24) is 9.55 Å². The molecule has 5 nitrogen and oxygen atoms in total. The van der Waals surface area contributed by atoms with Gasteiger partial charge in [0.25, 0.3) is 5.56 Å². The number of aromatic amines is 1. The average Bonchev–Trinajstić information content (AvgIpc) is 2.87. The first-order valence-corrected chi connectivity index (χ1v) is 8.06. The number of thiophene rings is 1. The maximum absolute atomic E-state index is 12.9. The Morgan fingerprint density at radius 2 is 1.91 bits per heavy atom. The number of nitrogens with one attached hydrogen (secondary N) is 1. The minimum Gasteiger partial charge on any atom is -0.506 e. The minimum absolute atomic E-state index is 0.0847. The third kappa shape index (κ3) is 1.84. The summed E-state index contributed by atoms with van der Waals surface area (Å²) in [5.74, 6) is -0.0847. The molecule has 2 heterocycles. The number of aromatic hydroxyl groups is 1. The molecule has 0 unspecified atom stereocenters. The average molecular weight is 314 g/mol. The first-order chi connectivity index (χ1) is 10.7. The summed E-state index contributed by atoms with van der Waals surface area (Å²) in [5.41, 5.74) is 0.417. The highest BCUT2D eigenvalue weighted by Crippen LogP contribution is 2.33. The van der Waals surface area contributed by atoms with Gasteiger partial charge in [0.1, 0.15) is 10.6 Å². The lowest BCUT2D eigenvalue weighted by Gasteiger charge is -2.10. The van der Waals surface area contributed by atoms with Gasteiger partial charge in [-0.25, -0.2) is 9.36 Å². The Morgan fingerprint density at radius 3 is 2.73 bits per heavy atom. The molecule has 0 amide bonds. The minimum atomic E-state index is -0.516. The quantitative estimate of drug-likeness (QED) is 0.724. The standard InChI is InChI=1S/C16H14N2O3S/c19-11-7-3-2-6-10(11)18-15(20)13-9-5-1-4-8-12(9)22-14(13)17-16(18)21/h2-3,6-7,19H,1,4-5,8H2,(H,17,21). The molecule has 1 aliphatic carbocycles. The molecule has 2 N–H and O–H groups in total. The van der Waals surface area contributed by atoms with E-state index in [1.165, 1.54) is 22.3 Å². The van der Waals surface area contributed by atoms with Crippen LogP contribution in [0, 0.1) is 0 Å². The zero-order valence-corrected chi connectivity index (χ0v) is 12.6. The molecule has 0 radical (unpaired) electrons. The number of hydrogen-bond acceptors (Lipinski definition) is 4. The molecule has 6 heteroatoms. The summed E-state index contributed by atoms with van der Waals surface area (Å²) in [6.07, 6.45) is 4.02. The van der Waals surface area contributed by atoms with Crippen molar-refractivity contribution in [3.05, 3.63) is 55.5 Å². The van der Waals surface area contributed by atoms with Gasteiger partial charge in [0, 0.05) is 4.88 Å². The molecular weight excluding hydrogens is 300 g/mol. The van der Waals surface area contributed by atoms with Crippen molar-refractivity contribution in [2.24, 2.45) is 0 Å². The Labute approximate surface area is 129 Å². The Kier molecular flexibility index (Phi) is 2.94. The maximum atomic E-state index is 12.9. The van der Waals surface area contributed by atoms with Crippen molar-refractivity contribution >= 4 is 21.6 Å². The molecule has 0 saturated carbocycles. The van der Waals surface area contributed by atoms with Gasteiger partial charge in [0.2, 0.25) is 0 Å². The SMILES string of the molecule is O=c1[nH]c2sc3c(c2c(=O)n1-c1ccccc1O)CCCC3. The van der Waals surface area contributed by atoms with Gasteiger partial charge in [0.05, 0.1) is 11.1 Å². The second-order valence-corrected chi connectivity index (χ2v) is 6.58. The van der Waals surface area contributed by atoms with Crippen molar-refractivity contribution in [1.29, 1.82) is 0 Å². The summed E-state index contributed by atoms with van der Waals surface area (Å²) in [6.45, 7) is 0. The van der Waals surface area contributed by atoms with Gasteiger partial charge >= 0.3 is 5.69 Å². The summed E-state index contributed by atoms with van der Waals surface area (Å²) in [5, 5.41) is 10.6. The lowest BCUT2D eigenvalue weighted by molar-refractivity contribution is 0.471. The number of aromatic nitrogens is 2. The van der Waals surface area contributed by atoms with Crippen LogP contribution < -0.4 is 11.2 Å². The molecule has 0 bridgehead atoms. The Morgan fingerprint density at radius 1 is 1.14 bits per heavy atom. The Hall–Kier alpha value is -2.34. The van der Waals surface area contributed by atoms with E-state index in [9.17, 15) is 14.7 Å². The fraction of sp³-hybridized carbons (Fsp3) is 0.250. The molecule has 112 valence electrons. The van der Waals surface area contributed by atoms with Crippen LogP contribution in [-0.2, 0) is 12.8 Å². The van der Waals surface area contributed by atoms with E-state index in [2.05, 4.69) is 4.98 Å². The molecule has 1 aromatic carbocycles. The molecule has 4 rings (SSSR count). The number of benzene rings is 1. The van der Waals surface area contributed by atoms with Crippen LogP contribution in [0.25, 0.3) is 15.9 Å². The fourth-order valence-corrected chi connectivity index (χ4v) is 4.38. The second kappa shape index (κ2) is 4.84. The summed E-state index contributed by atoms with van der Waals surface area (Å²) in [4.78, 5) is 29.8. The van der Waals surface area contributed by atoms with Crippen LogP contribution in [0.1, 0.15) is 23.3 Å².